The molecule has 6 nitrogen and oxygen atoms in total. The van der Waals surface area contributed by atoms with Crippen LogP contribution in [0.5, 0.6) is 0 Å². The Morgan fingerprint density at radius 2 is 1.66 bits per heavy atom. The van der Waals surface area contributed by atoms with E-state index in [1.165, 1.54) is 11.3 Å². The van der Waals surface area contributed by atoms with Gasteiger partial charge in [-0.25, -0.2) is 15.0 Å². The van der Waals surface area contributed by atoms with Crippen molar-refractivity contribution < 1.29 is 0 Å². The minimum atomic E-state index is -0.152. The van der Waals surface area contributed by atoms with Gasteiger partial charge in [0.15, 0.2) is 5.13 Å². The van der Waals surface area contributed by atoms with Gasteiger partial charge < -0.3 is 5.32 Å². The highest BCUT2D eigenvalue weighted by Crippen LogP contribution is 2.26. The van der Waals surface area contributed by atoms with E-state index in [0.29, 0.717) is 22.0 Å². The molecule has 5 rings (SSSR count). The van der Waals surface area contributed by atoms with Crippen molar-refractivity contribution in [2.45, 2.75) is 0 Å². The average Bonchev–Trinajstić information content (AvgIpc) is 3.24. The topological polar surface area (TPSA) is 72.7 Å². The van der Waals surface area contributed by atoms with Crippen molar-refractivity contribution in [3.63, 3.8) is 0 Å². The number of pyridine rings is 1. The molecule has 1 N–H and O–H groups in total. The Morgan fingerprint density at radius 1 is 0.897 bits per heavy atom. The molecule has 0 atom stereocenters. The maximum Gasteiger partial charge on any atom is 0.266 e. The van der Waals surface area contributed by atoms with Gasteiger partial charge in [-0.1, -0.05) is 48.5 Å². The van der Waals surface area contributed by atoms with Gasteiger partial charge in [-0.2, -0.15) is 0 Å². The lowest BCUT2D eigenvalue weighted by Gasteiger charge is -2.07. The molecule has 0 saturated carbocycles. The number of anilines is 2. The minimum absolute atomic E-state index is 0.152. The summed E-state index contributed by atoms with van der Waals surface area (Å²) in [5, 5.41) is 6.27. The van der Waals surface area contributed by atoms with Crippen molar-refractivity contribution in [1.82, 2.24) is 19.5 Å². The molecule has 29 heavy (non-hydrogen) atoms. The van der Waals surface area contributed by atoms with E-state index >= 15 is 0 Å². The number of aromatic nitrogens is 4. The molecule has 3 heterocycles. The van der Waals surface area contributed by atoms with Crippen LogP contribution in [0, 0.1) is 0 Å². The number of thiazole rings is 1. The summed E-state index contributed by atoms with van der Waals surface area (Å²) in [5.74, 6) is 0.406. The molecule has 0 bridgehead atoms. The molecule has 0 fully saturated rings. The summed E-state index contributed by atoms with van der Waals surface area (Å²) in [6.07, 6.45) is 3.28. The third-order valence-corrected chi connectivity index (χ3v) is 5.23. The van der Waals surface area contributed by atoms with Gasteiger partial charge in [0.25, 0.3) is 5.56 Å². The predicted octanol–water partition coefficient (Wildman–Crippen LogP) is 4.65. The monoisotopic (exact) mass is 397 g/mol. The Balaban J connectivity index is 1.45. The van der Waals surface area contributed by atoms with Gasteiger partial charge >= 0.3 is 0 Å². The molecule has 0 aliphatic carbocycles. The van der Waals surface area contributed by atoms with E-state index in [0.717, 1.165) is 16.9 Å². The molecule has 140 valence electrons. The molecule has 0 radical (unpaired) electrons. The Kier molecular flexibility index (Phi) is 4.34. The average molecular weight is 397 g/mol. The number of hydrogen-bond donors (Lipinski definition) is 1. The minimum Gasteiger partial charge on any atom is -0.300 e. The zero-order valence-corrected chi connectivity index (χ0v) is 16.0. The fourth-order valence-corrected chi connectivity index (χ4v) is 3.76. The third-order valence-electron chi connectivity index (χ3n) is 4.48. The molecular weight excluding hydrogens is 382 g/mol. The quantitative estimate of drug-likeness (QED) is 0.478. The van der Waals surface area contributed by atoms with Crippen LogP contribution in [0.2, 0.25) is 0 Å². The van der Waals surface area contributed by atoms with E-state index in [-0.39, 0.29) is 5.56 Å². The first-order valence-electron chi connectivity index (χ1n) is 9.00. The first-order chi connectivity index (χ1) is 14.3. The van der Waals surface area contributed by atoms with Crippen molar-refractivity contribution in [2.75, 3.05) is 5.32 Å². The first-order valence-corrected chi connectivity index (χ1v) is 9.88. The smallest absolute Gasteiger partial charge is 0.266 e. The van der Waals surface area contributed by atoms with Gasteiger partial charge in [0.2, 0.25) is 5.95 Å². The van der Waals surface area contributed by atoms with Crippen molar-refractivity contribution in [3.05, 3.63) is 94.9 Å². The molecule has 0 saturated heterocycles. The normalized spacial score (nSPS) is 10.9. The second-order valence-electron chi connectivity index (χ2n) is 6.35. The maximum atomic E-state index is 12.8. The molecule has 0 spiro atoms. The van der Waals surface area contributed by atoms with Crippen molar-refractivity contribution in [1.29, 1.82) is 0 Å². The molecule has 5 aromatic rings. The van der Waals surface area contributed by atoms with Gasteiger partial charge in [0, 0.05) is 29.0 Å². The van der Waals surface area contributed by atoms with Gasteiger partial charge in [0.05, 0.1) is 16.6 Å². The van der Waals surface area contributed by atoms with E-state index in [1.807, 2.05) is 72.1 Å². The number of hydrogen-bond acceptors (Lipinski definition) is 6. The van der Waals surface area contributed by atoms with E-state index < -0.39 is 0 Å². The summed E-state index contributed by atoms with van der Waals surface area (Å²) in [6.45, 7) is 0. The van der Waals surface area contributed by atoms with E-state index in [1.54, 1.807) is 17.0 Å². The first kappa shape index (κ1) is 17.3. The Bertz CT molecular complexity index is 1350. The second-order valence-corrected chi connectivity index (χ2v) is 7.21. The fourth-order valence-electron chi connectivity index (χ4n) is 3.05. The Hall–Kier alpha value is -3.84. The highest BCUT2D eigenvalue weighted by Gasteiger charge is 2.09. The zero-order valence-electron chi connectivity index (χ0n) is 15.2. The maximum absolute atomic E-state index is 12.8. The van der Waals surface area contributed by atoms with Crippen LogP contribution in [0.3, 0.4) is 0 Å². The van der Waals surface area contributed by atoms with Crippen LogP contribution in [-0.4, -0.2) is 19.5 Å². The SMILES string of the molecule is O=c1c2cnc(Nc3nc(-c4ccccc4)cs3)nc2ccn1-c1ccccc1. The van der Waals surface area contributed by atoms with Gasteiger partial charge in [0.1, 0.15) is 0 Å². The van der Waals surface area contributed by atoms with Crippen LogP contribution in [0.4, 0.5) is 11.1 Å². The molecule has 0 aliphatic heterocycles. The van der Waals surface area contributed by atoms with Gasteiger partial charge in [-0.05, 0) is 18.2 Å². The number of para-hydroxylation sites is 1. The lowest BCUT2D eigenvalue weighted by molar-refractivity contribution is 1.00. The summed E-state index contributed by atoms with van der Waals surface area (Å²) < 4.78 is 1.59. The second kappa shape index (κ2) is 7.29. The van der Waals surface area contributed by atoms with Crippen LogP contribution in [0.25, 0.3) is 27.8 Å². The molecule has 0 amide bonds. The van der Waals surface area contributed by atoms with Gasteiger partial charge in [-0.3, -0.25) is 9.36 Å². The lowest BCUT2D eigenvalue weighted by Crippen LogP contribution is -2.18. The highest BCUT2D eigenvalue weighted by molar-refractivity contribution is 7.14. The molecule has 2 aromatic carbocycles. The van der Waals surface area contributed by atoms with Crippen molar-refractivity contribution in [3.8, 4) is 16.9 Å². The van der Waals surface area contributed by atoms with E-state index in [2.05, 4.69) is 20.3 Å². The highest BCUT2D eigenvalue weighted by atomic mass is 32.1. The van der Waals surface area contributed by atoms with Gasteiger partial charge in [-0.15, -0.1) is 11.3 Å². The number of benzene rings is 2. The number of rotatable bonds is 4. The molecule has 7 heteroatoms. The lowest BCUT2D eigenvalue weighted by atomic mass is 10.2. The standard InChI is InChI=1S/C22H15N5OS/c28-20-17-13-23-21(24-18(17)11-12-27(20)16-9-5-2-6-10-16)26-22-25-19(14-29-22)15-7-3-1-4-8-15/h1-14H,(H,23,24,25,26). The molecule has 3 aromatic heterocycles. The zero-order chi connectivity index (χ0) is 19.6. The largest absolute Gasteiger partial charge is 0.300 e. The fraction of sp³-hybridized carbons (Fsp3) is 0. The summed E-state index contributed by atoms with van der Waals surface area (Å²) in [7, 11) is 0. The number of nitrogens with zero attached hydrogens (tertiary/aromatic N) is 4. The summed E-state index contributed by atoms with van der Waals surface area (Å²) >= 11 is 1.48. The van der Waals surface area contributed by atoms with Crippen LogP contribution in [-0.2, 0) is 0 Å². The summed E-state index contributed by atoms with van der Waals surface area (Å²) in [6, 6.07) is 21.3. The van der Waals surface area contributed by atoms with Crippen molar-refractivity contribution >= 4 is 33.3 Å². The predicted molar refractivity (Wildman–Crippen MR) is 116 cm³/mol. The Morgan fingerprint density at radius 3 is 2.45 bits per heavy atom. The van der Waals surface area contributed by atoms with E-state index in [9.17, 15) is 4.79 Å². The molecule has 0 aliphatic rings. The van der Waals surface area contributed by atoms with Crippen LogP contribution in [0.1, 0.15) is 0 Å². The van der Waals surface area contributed by atoms with Crippen molar-refractivity contribution in [2.24, 2.45) is 0 Å². The van der Waals surface area contributed by atoms with Crippen LogP contribution >= 0.6 is 11.3 Å². The molecular formula is C22H15N5OS. The molecule has 0 unspecified atom stereocenters. The summed E-state index contributed by atoms with van der Waals surface area (Å²) in [5.41, 5.74) is 3.18. The van der Waals surface area contributed by atoms with Crippen LogP contribution < -0.4 is 10.9 Å². The van der Waals surface area contributed by atoms with E-state index in [4.69, 9.17) is 0 Å². The van der Waals surface area contributed by atoms with Crippen LogP contribution in [0.15, 0.2) is 89.3 Å². The third kappa shape index (κ3) is 3.39. The number of fused-ring (bicyclic) bond motifs is 1. The summed E-state index contributed by atoms with van der Waals surface area (Å²) in [4.78, 5) is 26.2. The number of nitrogens with one attached hydrogen (secondary N) is 1. The Labute approximate surface area is 170 Å².